The van der Waals surface area contributed by atoms with Gasteiger partial charge in [0, 0.05) is 18.3 Å². The summed E-state index contributed by atoms with van der Waals surface area (Å²) >= 11 is 0. The molecule has 1 atom stereocenters. The second-order valence-electron chi connectivity index (χ2n) is 3.85. The van der Waals surface area contributed by atoms with Crippen LogP contribution in [0.1, 0.15) is 12.6 Å². The molecule has 0 unspecified atom stereocenters. The molecule has 1 aromatic heterocycles. The molecule has 1 aromatic rings. The molecule has 2 rings (SSSR count). The fourth-order valence-electron chi connectivity index (χ4n) is 1.73. The first kappa shape index (κ1) is 10.2. The van der Waals surface area contributed by atoms with Crippen LogP contribution in [0.5, 0.6) is 0 Å². The fourth-order valence-corrected chi connectivity index (χ4v) is 1.73. The maximum atomic E-state index is 5.70. The van der Waals surface area contributed by atoms with Gasteiger partial charge in [0.2, 0.25) is 5.95 Å². The standard InChI is InChI=1S/C10H16N4O/c1-7-5-9(11)13-10(12-7)14-3-4-15-6-8(14)2/h5,8H,3-4,6H2,1-2H3,(H2,11,12,13)/t8-/m1/s1. The van der Waals surface area contributed by atoms with Gasteiger partial charge in [0.1, 0.15) is 5.82 Å². The third kappa shape index (κ3) is 2.18. The molecule has 0 saturated carbocycles. The van der Waals surface area contributed by atoms with Crippen molar-refractivity contribution in [1.82, 2.24) is 9.97 Å². The zero-order chi connectivity index (χ0) is 10.8. The van der Waals surface area contributed by atoms with Gasteiger partial charge in [-0.05, 0) is 13.8 Å². The SMILES string of the molecule is Cc1cc(N)nc(N2CCOC[C@H]2C)n1. The summed E-state index contributed by atoms with van der Waals surface area (Å²) in [6, 6.07) is 2.08. The normalized spacial score (nSPS) is 21.7. The predicted molar refractivity (Wildman–Crippen MR) is 58.8 cm³/mol. The first-order valence-electron chi connectivity index (χ1n) is 5.12. The van der Waals surface area contributed by atoms with Gasteiger partial charge in [0.15, 0.2) is 0 Å². The van der Waals surface area contributed by atoms with Crippen molar-refractivity contribution in [3.63, 3.8) is 0 Å². The molecule has 1 aliphatic rings. The molecule has 5 heteroatoms. The van der Waals surface area contributed by atoms with Gasteiger partial charge < -0.3 is 15.4 Å². The number of nitrogen functional groups attached to an aromatic ring is 1. The van der Waals surface area contributed by atoms with E-state index in [2.05, 4.69) is 21.8 Å². The minimum atomic E-state index is 0.306. The number of rotatable bonds is 1. The van der Waals surface area contributed by atoms with Crippen LogP contribution in [0.3, 0.4) is 0 Å². The Morgan fingerprint density at radius 1 is 1.53 bits per heavy atom. The van der Waals surface area contributed by atoms with Crippen LogP contribution < -0.4 is 10.6 Å². The molecule has 0 aliphatic carbocycles. The summed E-state index contributed by atoms with van der Waals surface area (Å²) < 4.78 is 5.37. The molecule has 1 aliphatic heterocycles. The van der Waals surface area contributed by atoms with Crippen molar-refractivity contribution in [2.24, 2.45) is 0 Å². The second kappa shape index (κ2) is 4.02. The van der Waals surface area contributed by atoms with E-state index in [0.29, 0.717) is 17.8 Å². The summed E-state index contributed by atoms with van der Waals surface area (Å²) in [5, 5.41) is 0. The number of anilines is 2. The average Bonchev–Trinajstić information content (AvgIpc) is 2.16. The van der Waals surface area contributed by atoms with Gasteiger partial charge in [-0.2, -0.15) is 4.98 Å². The van der Waals surface area contributed by atoms with Crippen LogP contribution in [-0.4, -0.2) is 35.8 Å². The number of aryl methyl sites for hydroxylation is 1. The van der Waals surface area contributed by atoms with Gasteiger partial charge >= 0.3 is 0 Å². The second-order valence-corrected chi connectivity index (χ2v) is 3.85. The smallest absolute Gasteiger partial charge is 0.227 e. The quantitative estimate of drug-likeness (QED) is 0.732. The minimum Gasteiger partial charge on any atom is -0.384 e. The molecule has 0 aromatic carbocycles. The highest BCUT2D eigenvalue weighted by Gasteiger charge is 2.21. The van der Waals surface area contributed by atoms with E-state index >= 15 is 0 Å². The monoisotopic (exact) mass is 208 g/mol. The van der Waals surface area contributed by atoms with E-state index in [1.807, 2.05) is 6.92 Å². The van der Waals surface area contributed by atoms with Crippen LogP contribution in [0.15, 0.2) is 6.07 Å². The summed E-state index contributed by atoms with van der Waals surface area (Å²) in [4.78, 5) is 10.8. The van der Waals surface area contributed by atoms with Gasteiger partial charge in [-0.15, -0.1) is 0 Å². The van der Waals surface area contributed by atoms with E-state index in [9.17, 15) is 0 Å². The van der Waals surface area contributed by atoms with Crippen molar-refractivity contribution >= 4 is 11.8 Å². The lowest BCUT2D eigenvalue weighted by Crippen LogP contribution is -2.44. The number of hydrogen-bond acceptors (Lipinski definition) is 5. The molecule has 0 spiro atoms. The van der Waals surface area contributed by atoms with Gasteiger partial charge in [-0.1, -0.05) is 0 Å². The topological polar surface area (TPSA) is 64.3 Å². The van der Waals surface area contributed by atoms with E-state index in [1.165, 1.54) is 0 Å². The minimum absolute atomic E-state index is 0.306. The summed E-state index contributed by atoms with van der Waals surface area (Å²) in [7, 11) is 0. The molecule has 0 radical (unpaired) electrons. The predicted octanol–water partition coefficient (Wildman–Crippen LogP) is 0.592. The molecule has 82 valence electrons. The van der Waals surface area contributed by atoms with E-state index in [0.717, 1.165) is 25.5 Å². The lowest BCUT2D eigenvalue weighted by molar-refractivity contribution is 0.0981. The zero-order valence-electron chi connectivity index (χ0n) is 9.10. The Morgan fingerprint density at radius 2 is 2.33 bits per heavy atom. The van der Waals surface area contributed by atoms with E-state index in [-0.39, 0.29) is 0 Å². The third-order valence-electron chi connectivity index (χ3n) is 2.49. The van der Waals surface area contributed by atoms with Gasteiger partial charge in [0.05, 0.1) is 19.3 Å². The first-order chi connectivity index (χ1) is 7.16. The van der Waals surface area contributed by atoms with Gasteiger partial charge in [-0.3, -0.25) is 0 Å². The van der Waals surface area contributed by atoms with Crippen molar-refractivity contribution in [3.8, 4) is 0 Å². The van der Waals surface area contributed by atoms with Crippen molar-refractivity contribution in [2.75, 3.05) is 30.4 Å². The first-order valence-corrected chi connectivity index (χ1v) is 5.12. The highest BCUT2D eigenvalue weighted by molar-refractivity contribution is 5.41. The molecule has 1 saturated heterocycles. The number of hydrogen-bond donors (Lipinski definition) is 1. The molecule has 2 heterocycles. The van der Waals surface area contributed by atoms with Gasteiger partial charge in [0.25, 0.3) is 0 Å². The van der Waals surface area contributed by atoms with E-state index in [4.69, 9.17) is 10.5 Å². The molecule has 0 amide bonds. The summed E-state index contributed by atoms with van der Waals surface area (Å²) in [5.41, 5.74) is 6.60. The van der Waals surface area contributed by atoms with E-state index in [1.54, 1.807) is 6.07 Å². The average molecular weight is 208 g/mol. The zero-order valence-corrected chi connectivity index (χ0v) is 9.10. The third-order valence-corrected chi connectivity index (χ3v) is 2.49. The molecular formula is C10H16N4O. The van der Waals surface area contributed by atoms with Crippen molar-refractivity contribution < 1.29 is 4.74 Å². The maximum Gasteiger partial charge on any atom is 0.227 e. The van der Waals surface area contributed by atoms with Crippen LogP contribution in [0.4, 0.5) is 11.8 Å². The number of nitrogens with two attached hydrogens (primary N) is 1. The highest BCUT2D eigenvalue weighted by Crippen LogP contribution is 2.16. The molecular weight excluding hydrogens is 192 g/mol. The number of aromatic nitrogens is 2. The summed E-state index contributed by atoms with van der Waals surface area (Å²) in [6.07, 6.45) is 0. The van der Waals surface area contributed by atoms with Gasteiger partial charge in [-0.25, -0.2) is 4.98 Å². The van der Waals surface area contributed by atoms with Crippen LogP contribution in [-0.2, 0) is 4.74 Å². The summed E-state index contributed by atoms with van der Waals surface area (Å²) in [6.45, 7) is 6.29. The van der Waals surface area contributed by atoms with Crippen molar-refractivity contribution in [1.29, 1.82) is 0 Å². The largest absolute Gasteiger partial charge is 0.384 e. The molecule has 1 fully saturated rings. The molecule has 5 nitrogen and oxygen atoms in total. The van der Waals surface area contributed by atoms with Crippen molar-refractivity contribution in [2.45, 2.75) is 19.9 Å². The van der Waals surface area contributed by atoms with Crippen LogP contribution in [0, 0.1) is 6.92 Å². The number of morpholine rings is 1. The Kier molecular flexibility index (Phi) is 2.73. The lowest BCUT2D eigenvalue weighted by Gasteiger charge is -2.33. The van der Waals surface area contributed by atoms with Crippen LogP contribution in [0.2, 0.25) is 0 Å². The van der Waals surface area contributed by atoms with Crippen LogP contribution in [0.25, 0.3) is 0 Å². The van der Waals surface area contributed by atoms with Crippen molar-refractivity contribution in [3.05, 3.63) is 11.8 Å². The molecule has 15 heavy (non-hydrogen) atoms. The van der Waals surface area contributed by atoms with E-state index < -0.39 is 0 Å². The highest BCUT2D eigenvalue weighted by atomic mass is 16.5. The number of ether oxygens (including phenoxy) is 1. The Hall–Kier alpha value is -1.36. The maximum absolute atomic E-state index is 5.70. The Bertz CT molecular complexity index is 335. The Labute approximate surface area is 89.3 Å². The Balaban J connectivity index is 2.27. The lowest BCUT2D eigenvalue weighted by atomic mass is 10.3. The fraction of sp³-hybridized carbons (Fsp3) is 0.600. The number of nitrogens with zero attached hydrogens (tertiary/aromatic N) is 3. The van der Waals surface area contributed by atoms with Crippen LogP contribution >= 0.6 is 0 Å². The summed E-state index contributed by atoms with van der Waals surface area (Å²) in [5.74, 6) is 1.24. The molecule has 2 N–H and O–H groups in total. The Morgan fingerprint density at radius 3 is 3.00 bits per heavy atom. The molecule has 0 bridgehead atoms.